The van der Waals surface area contributed by atoms with Crippen molar-refractivity contribution >= 4 is 10.9 Å². The minimum atomic E-state index is 0.546. The third-order valence-electron chi connectivity index (χ3n) is 5.50. The van der Waals surface area contributed by atoms with Gasteiger partial charge in [-0.05, 0) is 49.9 Å². The van der Waals surface area contributed by atoms with Gasteiger partial charge >= 0.3 is 0 Å². The van der Waals surface area contributed by atoms with Crippen molar-refractivity contribution in [2.75, 3.05) is 6.54 Å². The molecule has 1 saturated carbocycles. The summed E-state index contributed by atoms with van der Waals surface area (Å²) in [5, 5.41) is 5.23. The monoisotopic (exact) mass is 282 g/mol. The van der Waals surface area contributed by atoms with Crippen LogP contribution in [0, 0.1) is 12.8 Å². The van der Waals surface area contributed by atoms with Gasteiger partial charge < -0.3 is 10.3 Å². The number of H-pyrrole nitrogens is 1. The molecule has 2 nitrogen and oxygen atoms in total. The van der Waals surface area contributed by atoms with E-state index in [1.807, 2.05) is 0 Å². The fourth-order valence-electron chi connectivity index (χ4n) is 4.38. The molecule has 1 aromatic heterocycles. The molecule has 0 amide bonds. The molecule has 1 aliphatic heterocycles. The second-order valence-corrected chi connectivity index (χ2v) is 7.06. The van der Waals surface area contributed by atoms with Crippen molar-refractivity contribution in [3.63, 3.8) is 0 Å². The maximum atomic E-state index is 3.77. The molecule has 1 fully saturated rings. The fraction of sp³-hybridized carbons (Fsp3) is 0.579. The van der Waals surface area contributed by atoms with Gasteiger partial charge in [-0.1, -0.05) is 43.7 Å². The lowest BCUT2D eigenvalue weighted by atomic mass is 9.83. The summed E-state index contributed by atoms with van der Waals surface area (Å²) in [6.45, 7) is 3.32. The molecule has 0 radical (unpaired) electrons. The van der Waals surface area contributed by atoms with E-state index in [-0.39, 0.29) is 0 Å². The standard InChI is InChI=1S/C19H26N2/c1-13-7-8-17-16(11-13)15-9-10-20-18(19(15)21-17)12-14-5-3-2-4-6-14/h7-8,11,14,18,20-21H,2-6,9-10,12H2,1H3. The maximum absolute atomic E-state index is 3.77. The second kappa shape index (κ2) is 5.49. The van der Waals surface area contributed by atoms with E-state index in [9.17, 15) is 0 Å². The summed E-state index contributed by atoms with van der Waals surface area (Å²) in [6.07, 6.45) is 9.69. The molecule has 1 aromatic carbocycles. The molecule has 1 aliphatic carbocycles. The summed E-state index contributed by atoms with van der Waals surface area (Å²) < 4.78 is 0. The number of hydrogen-bond donors (Lipinski definition) is 2. The first-order valence-corrected chi connectivity index (χ1v) is 8.66. The summed E-state index contributed by atoms with van der Waals surface area (Å²) in [6, 6.07) is 7.37. The molecule has 2 aromatic rings. The summed E-state index contributed by atoms with van der Waals surface area (Å²) in [5.41, 5.74) is 5.75. The van der Waals surface area contributed by atoms with Crippen LogP contribution < -0.4 is 5.32 Å². The quantitative estimate of drug-likeness (QED) is 0.825. The molecule has 21 heavy (non-hydrogen) atoms. The zero-order valence-corrected chi connectivity index (χ0v) is 13.0. The van der Waals surface area contributed by atoms with Crippen molar-refractivity contribution in [1.82, 2.24) is 10.3 Å². The molecular formula is C19H26N2. The number of rotatable bonds is 2. The maximum Gasteiger partial charge on any atom is 0.0478 e. The van der Waals surface area contributed by atoms with Crippen LogP contribution in [-0.2, 0) is 6.42 Å². The molecule has 0 saturated heterocycles. The van der Waals surface area contributed by atoms with Crippen LogP contribution in [0.5, 0.6) is 0 Å². The van der Waals surface area contributed by atoms with Crippen molar-refractivity contribution in [2.45, 2.75) is 57.9 Å². The molecule has 1 atom stereocenters. The van der Waals surface area contributed by atoms with Crippen molar-refractivity contribution in [2.24, 2.45) is 5.92 Å². The van der Waals surface area contributed by atoms with Crippen LogP contribution in [-0.4, -0.2) is 11.5 Å². The highest BCUT2D eigenvalue weighted by Crippen LogP contribution is 2.36. The predicted molar refractivity (Wildman–Crippen MR) is 88.7 cm³/mol. The first-order chi connectivity index (χ1) is 10.3. The summed E-state index contributed by atoms with van der Waals surface area (Å²) in [4.78, 5) is 3.72. The third-order valence-corrected chi connectivity index (χ3v) is 5.50. The van der Waals surface area contributed by atoms with E-state index >= 15 is 0 Å². The Balaban J connectivity index is 1.65. The van der Waals surface area contributed by atoms with Gasteiger partial charge in [0.2, 0.25) is 0 Å². The molecule has 4 rings (SSSR count). The minimum Gasteiger partial charge on any atom is -0.357 e. The van der Waals surface area contributed by atoms with E-state index in [1.165, 1.54) is 67.1 Å². The lowest BCUT2D eigenvalue weighted by Gasteiger charge is -2.30. The molecule has 2 heteroatoms. The van der Waals surface area contributed by atoms with Crippen LogP contribution >= 0.6 is 0 Å². The van der Waals surface area contributed by atoms with E-state index in [0.717, 1.165) is 12.5 Å². The van der Waals surface area contributed by atoms with Gasteiger partial charge in [-0.15, -0.1) is 0 Å². The number of aromatic amines is 1. The normalized spacial score (nSPS) is 23.4. The lowest BCUT2D eigenvalue weighted by Crippen LogP contribution is -2.31. The SMILES string of the molecule is Cc1ccc2[nH]c3c(c2c1)CCNC3CC1CCCCC1. The van der Waals surface area contributed by atoms with Gasteiger partial charge in [-0.25, -0.2) is 0 Å². The van der Waals surface area contributed by atoms with E-state index in [0.29, 0.717) is 6.04 Å². The van der Waals surface area contributed by atoms with Crippen molar-refractivity contribution in [3.8, 4) is 0 Å². The van der Waals surface area contributed by atoms with Crippen LogP contribution in [0.1, 0.15) is 61.4 Å². The van der Waals surface area contributed by atoms with Gasteiger partial charge in [0.25, 0.3) is 0 Å². The molecule has 0 spiro atoms. The van der Waals surface area contributed by atoms with Gasteiger partial charge in [0.15, 0.2) is 0 Å². The fourth-order valence-corrected chi connectivity index (χ4v) is 4.38. The number of nitrogens with one attached hydrogen (secondary N) is 2. The minimum absolute atomic E-state index is 0.546. The molecule has 1 unspecified atom stereocenters. The Kier molecular flexibility index (Phi) is 3.50. The number of aromatic nitrogens is 1. The second-order valence-electron chi connectivity index (χ2n) is 7.06. The molecule has 2 aliphatic rings. The average molecular weight is 282 g/mol. The van der Waals surface area contributed by atoms with Crippen LogP contribution in [0.15, 0.2) is 18.2 Å². The molecule has 112 valence electrons. The highest BCUT2D eigenvalue weighted by atomic mass is 15.0. The summed E-state index contributed by atoms with van der Waals surface area (Å²) in [7, 11) is 0. The predicted octanol–water partition coefficient (Wildman–Crippen LogP) is 4.63. The number of benzene rings is 1. The number of hydrogen-bond acceptors (Lipinski definition) is 1. The first-order valence-electron chi connectivity index (χ1n) is 8.66. The van der Waals surface area contributed by atoms with E-state index in [1.54, 1.807) is 5.56 Å². The third kappa shape index (κ3) is 2.50. The Bertz CT molecular complexity index is 634. The first kappa shape index (κ1) is 13.4. The smallest absolute Gasteiger partial charge is 0.0478 e. The van der Waals surface area contributed by atoms with E-state index in [4.69, 9.17) is 0 Å². The van der Waals surface area contributed by atoms with Crippen LogP contribution in [0.2, 0.25) is 0 Å². The highest BCUT2D eigenvalue weighted by Gasteiger charge is 2.26. The Hall–Kier alpha value is -1.28. The van der Waals surface area contributed by atoms with Crippen LogP contribution in [0.4, 0.5) is 0 Å². The van der Waals surface area contributed by atoms with Gasteiger partial charge in [0.1, 0.15) is 0 Å². The Morgan fingerprint density at radius 3 is 2.86 bits per heavy atom. The van der Waals surface area contributed by atoms with Gasteiger partial charge in [-0.3, -0.25) is 0 Å². The molecule has 2 heterocycles. The molecular weight excluding hydrogens is 256 g/mol. The zero-order chi connectivity index (χ0) is 14.2. The van der Waals surface area contributed by atoms with E-state index in [2.05, 4.69) is 35.4 Å². The lowest BCUT2D eigenvalue weighted by molar-refractivity contribution is 0.293. The number of fused-ring (bicyclic) bond motifs is 3. The van der Waals surface area contributed by atoms with E-state index < -0.39 is 0 Å². The number of aryl methyl sites for hydroxylation is 1. The average Bonchev–Trinajstić information content (AvgIpc) is 2.88. The summed E-state index contributed by atoms with van der Waals surface area (Å²) >= 11 is 0. The Morgan fingerprint density at radius 1 is 1.14 bits per heavy atom. The topological polar surface area (TPSA) is 27.8 Å². The largest absolute Gasteiger partial charge is 0.357 e. The van der Waals surface area contributed by atoms with Crippen molar-refractivity contribution in [1.29, 1.82) is 0 Å². The Labute approximate surface area is 127 Å². The molecule has 2 N–H and O–H groups in total. The zero-order valence-electron chi connectivity index (χ0n) is 13.0. The van der Waals surface area contributed by atoms with Gasteiger partial charge in [0.05, 0.1) is 0 Å². The van der Waals surface area contributed by atoms with Crippen LogP contribution in [0.25, 0.3) is 10.9 Å². The van der Waals surface area contributed by atoms with Gasteiger partial charge in [-0.2, -0.15) is 0 Å². The highest BCUT2D eigenvalue weighted by molar-refractivity contribution is 5.85. The molecule has 0 bridgehead atoms. The summed E-state index contributed by atoms with van der Waals surface area (Å²) in [5.74, 6) is 0.926. The van der Waals surface area contributed by atoms with Crippen molar-refractivity contribution in [3.05, 3.63) is 35.0 Å². The van der Waals surface area contributed by atoms with Crippen molar-refractivity contribution < 1.29 is 0 Å². The Morgan fingerprint density at radius 2 is 2.00 bits per heavy atom. The van der Waals surface area contributed by atoms with Gasteiger partial charge in [0, 0.05) is 22.6 Å². The van der Waals surface area contributed by atoms with Crippen LogP contribution in [0.3, 0.4) is 0 Å².